The van der Waals surface area contributed by atoms with Gasteiger partial charge in [-0.1, -0.05) is 12.1 Å². The summed E-state index contributed by atoms with van der Waals surface area (Å²) in [5, 5.41) is 2.65. The van der Waals surface area contributed by atoms with Crippen molar-refractivity contribution < 1.29 is 22.4 Å². The highest BCUT2D eigenvalue weighted by atomic mass is 32.2. The number of anilines is 1. The molecule has 4 nitrogen and oxygen atoms in total. The van der Waals surface area contributed by atoms with Gasteiger partial charge in [0.05, 0.1) is 5.56 Å². The van der Waals surface area contributed by atoms with E-state index in [1.165, 1.54) is 29.4 Å². The van der Waals surface area contributed by atoms with Gasteiger partial charge in [-0.2, -0.15) is 13.2 Å². The summed E-state index contributed by atoms with van der Waals surface area (Å²) in [6, 6.07) is 11.0. The maximum Gasteiger partial charge on any atom is 0.419 e. The van der Waals surface area contributed by atoms with Crippen LogP contribution < -0.4 is 5.32 Å². The molecule has 9 heteroatoms. The topological polar surface area (TPSA) is 35.6 Å². The van der Waals surface area contributed by atoms with Crippen LogP contribution in [0.5, 0.6) is 0 Å². The molecule has 1 heterocycles. The molecule has 2 saturated carbocycles. The Kier molecular flexibility index (Phi) is 7.96. The number of hydrogen-bond acceptors (Lipinski definition) is 3. The molecule has 3 aliphatic rings. The van der Waals surface area contributed by atoms with Crippen LogP contribution in [0.15, 0.2) is 47.4 Å². The van der Waals surface area contributed by atoms with Gasteiger partial charge in [0.25, 0.3) is 0 Å². The number of thioether (sulfide) groups is 1. The van der Waals surface area contributed by atoms with E-state index in [9.17, 15) is 22.4 Å². The monoisotopic (exact) mass is 549 g/mol. The van der Waals surface area contributed by atoms with E-state index in [0.29, 0.717) is 18.5 Å². The van der Waals surface area contributed by atoms with Gasteiger partial charge in [-0.3, -0.25) is 0 Å². The summed E-state index contributed by atoms with van der Waals surface area (Å²) in [7, 11) is 0. The standard InChI is InChI=1S/C29H35F4N3OS/c1-38-24-7-4-6-20(17-24)28-11-10-23(16-21(28)19-28)36(15-5-14-35-12-2-3-13-35)27(37)34-22-8-9-26(30)25(18-22)29(31,32)33/h4,6-9,17-18,21,23H,2-3,5,10-16,19H2,1H3,(H,34,37)/t21?,23-,28-/m1/s1. The predicted octanol–water partition coefficient (Wildman–Crippen LogP) is 7.40. The van der Waals surface area contributed by atoms with Gasteiger partial charge in [0, 0.05) is 23.2 Å². The van der Waals surface area contributed by atoms with E-state index in [0.717, 1.165) is 57.8 Å². The first-order chi connectivity index (χ1) is 18.2. The average Bonchev–Trinajstić information content (AvgIpc) is 3.41. The van der Waals surface area contributed by atoms with Gasteiger partial charge >= 0.3 is 12.2 Å². The van der Waals surface area contributed by atoms with Crippen LogP contribution >= 0.6 is 11.8 Å². The fourth-order valence-electron chi connectivity index (χ4n) is 6.52. The minimum absolute atomic E-state index is 0.0282. The van der Waals surface area contributed by atoms with E-state index < -0.39 is 23.6 Å². The fraction of sp³-hybridized carbons (Fsp3) is 0.552. The third-order valence-electron chi connectivity index (χ3n) is 8.65. The summed E-state index contributed by atoms with van der Waals surface area (Å²) in [5.74, 6) is -0.851. The molecule has 0 spiro atoms. The lowest BCUT2D eigenvalue weighted by Gasteiger charge is -2.37. The van der Waals surface area contributed by atoms with Crippen molar-refractivity contribution in [3.8, 4) is 0 Å². The van der Waals surface area contributed by atoms with Crippen LogP contribution in [0.1, 0.15) is 56.1 Å². The largest absolute Gasteiger partial charge is 0.419 e. The number of fused-ring (bicyclic) bond motifs is 1. The number of halogens is 4. The maximum absolute atomic E-state index is 13.8. The highest BCUT2D eigenvalue weighted by molar-refractivity contribution is 7.98. The number of hydrogen-bond donors (Lipinski definition) is 1. The molecule has 3 fully saturated rings. The number of rotatable bonds is 8. The molecule has 1 aliphatic heterocycles. The molecule has 2 amide bonds. The number of amides is 2. The highest BCUT2D eigenvalue weighted by Crippen LogP contribution is 2.63. The van der Waals surface area contributed by atoms with Crippen LogP contribution in [0.4, 0.5) is 28.0 Å². The lowest BCUT2D eigenvalue weighted by molar-refractivity contribution is -0.139. The van der Waals surface area contributed by atoms with E-state index in [1.54, 1.807) is 11.8 Å². The van der Waals surface area contributed by atoms with Crippen molar-refractivity contribution in [2.24, 2.45) is 5.92 Å². The number of likely N-dealkylation sites (tertiary alicyclic amines) is 1. The Balaban J connectivity index is 1.29. The molecular formula is C29H35F4N3OS. The van der Waals surface area contributed by atoms with E-state index in [4.69, 9.17) is 0 Å². The van der Waals surface area contributed by atoms with Gasteiger partial charge in [-0.25, -0.2) is 9.18 Å². The first-order valence-corrected chi connectivity index (χ1v) is 14.7. The minimum Gasteiger partial charge on any atom is -0.321 e. The molecule has 0 radical (unpaired) electrons. The summed E-state index contributed by atoms with van der Waals surface area (Å²) in [4.78, 5) is 18.9. The summed E-state index contributed by atoms with van der Waals surface area (Å²) < 4.78 is 53.5. The van der Waals surface area contributed by atoms with Crippen LogP contribution in [-0.2, 0) is 11.6 Å². The molecular weight excluding hydrogens is 514 g/mol. The van der Waals surface area contributed by atoms with Crippen molar-refractivity contribution >= 4 is 23.5 Å². The van der Waals surface area contributed by atoms with Gasteiger partial charge in [0.15, 0.2) is 0 Å². The minimum atomic E-state index is -4.83. The summed E-state index contributed by atoms with van der Waals surface area (Å²) in [5.41, 5.74) is 0.143. The van der Waals surface area contributed by atoms with Crippen LogP contribution in [0.3, 0.4) is 0 Å². The second kappa shape index (κ2) is 11.1. The van der Waals surface area contributed by atoms with Crippen LogP contribution in [0.25, 0.3) is 0 Å². The number of carbonyl (C=O) groups is 1. The van der Waals surface area contributed by atoms with E-state index >= 15 is 0 Å². The molecule has 38 heavy (non-hydrogen) atoms. The van der Waals surface area contributed by atoms with E-state index in [2.05, 4.69) is 40.7 Å². The van der Waals surface area contributed by atoms with Crippen LogP contribution in [0.2, 0.25) is 0 Å². The Bertz CT molecular complexity index is 1150. The molecule has 206 valence electrons. The van der Waals surface area contributed by atoms with Crippen molar-refractivity contribution in [3.05, 3.63) is 59.4 Å². The zero-order valence-electron chi connectivity index (χ0n) is 21.7. The molecule has 1 unspecified atom stereocenters. The Morgan fingerprint density at radius 1 is 1.18 bits per heavy atom. The average molecular weight is 550 g/mol. The molecule has 0 bridgehead atoms. The van der Waals surface area contributed by atoms with E-state index in [1.807, 2.05) is 4.90 Å². The second-order valence-electron chi connectivity index (χ2n) is 10.9. The quantitative estimate of drug-likeness (QED) is 0.275. The Morgan fingerprint density at radius 3 is 2.68 bits per heavy atom. The van der Waals surface area contributed by atoms with Gasteiger partial charge in [0.2, 0.25) is 0 Å². The normalized spacial score (nSPS) is 25.2. The zero-order chi connectivity index (χ0) is 26.9. The van der Waals surface area contributed by atoms with Crippen molar-refractivity contribution in [1.29, 1.82) is 0 Å². The molecule has 0 aromatic heterocycles. The van der Waals surface area contributed by atoms with Crippen molar-refractivity contribution in [3.63, 3.8) is 0 Å². The summed E-state index contributed by atoms with van der Waals surface area (Å²) in [6.07, 6.45) is 4.30. The lowest BCUT2D eigenvalue weighted by Crippen LogP contribution is -2.46. The van der Waals surface area contributed by atoms with Gasteiger partial charge in [0.1, 0.15) is 5.82 Å². The fourth-order valence-corrected chi connectivity index (χ4v) is 6.98. The van der Waals surface area contributed by atoms with Gasteiger partial charge in [-0.05, 0) is 118 Å². The van der Waals surface area contributed by atoms with Crippen molar-refractivity contribution in [2.75, 3.05) is 37.8 Å². The lowest BCUT2D eigenvalue weighted by atomic mass is 9.80. The molecule has 1 saturated heterocycles. The molecule has 1 N–H and O–H groups in total. The van der Waals surface area contributed by atoms with Crippen molar-refractivity contribution in [2.45, 2.75) is 67.5 Å². The number of benzene rings is 2. The second-order valence-corrected chi connectivity index (χ2v) is 11.8. The molecule has 2 aliphatic carbocycles. The first-order valence-electron chi connectivity index (χ1n) is 13.5. The van der Waals surface area contributed by atoms with Crippen LogP contribution in [-0.4, -0.2) is 54.3 Å². The maximum atomic E-state index is 13.8. The number of nitrogens with zero attached hydrogens (tertiary/aromatic N) is 2. The van der Waals surface area contributed by atoms with Crippen LogP contribution in [0, 0.1) is 11.7 Å². The Hall–Kier alpha value is -2.26. The molecule has 5 rings (SSSR count). The Labute approximate surface area is 226 Å². The molecule has 2 aromatic carbocycles. The third-order valence-corrected chi connectivity index (χ3v) is 9.38. The van der Waals surface area contributed by atoms with Gasteiger partial charge < -0.3 is 15.1 Å². The predicted molar refractivity (Wildman–Crippen MR) is 143 cm³/mol. The number of nitrogens with one attached hydrogen (secondary N) is 1. The number of alkyl halides is 3. The van der Waals surface area contributed by atoms with Crippen molar-refractivity contribution in [1.82, 2.24) is 9.80 Å². The summed E-state index contributed by atoms with van der Waals surface area (Å²) in [6.45, 7) is 3.60. The van der Waals surface area contributed by atoms with Gasteiger partial charge in [-0.15, -0.1) is 11.8 Å². The molecule has 2 aromatic rings. The molecule has 3 atom stereocenters. The highest BCUT2D eigenvalue weighted by Gasteiger charge is 2.58. The number of carbonyl (C=O) groups excluding carboxylic acids is 1. The summed E-state index contributed by atoms with van der Waals surface area (Å²) >= 11 is 1.74. The Morgan fingerprint density at radius 2 is 1.97 bits per heavy atom. The third kappa shape index (κ3) is 5.83. The number of urea groups is 1. The SMILES string of the molecule is CSc1cccc([C@]23CC[C@@H](N(CCCN4CCCC4)C(=O)Nc4ccc(F)c(C(F)(F)F)c4)CC2C3)c1. The first kappa shape index (κ1) is 27.3. The smallest absolute Gasteiger partial charge is 0.321 e. The zero-order valence-corrected chi connectivity index (χ0v) is 22.5. The van der Waals surface area contributed by atoms with E-state index in [-0.39, 0.29) is 17.1 Å².